The Morgan fingerprint density at radius 3 is 2.40 bits per heavy atom. The molecule has 0 aromatic heterocycles. The molecule has 0 atom stereocenters. The Balaban J connectivity index is 2.23. The summed E-state index contributed by atoms with van der Waals surface area (Å²) in [6, 6.07) is 0. The van der Waals surface area contributed by atoms with Crippen LogP contribution in [0.5, 0.6) is 0 Å². The number of rotatable bonds is 4. The van der Waals surface area contributed by atoms with Crippen molar-refractivity contribution >= 4 is 16.1 Å². The lowest BCUT2D eigenvalue weighted by Gasteiger charge is -2.20. The predicted octanol–water partition coefficient (Wildman–Crippen LogP) is 0.655. The number of hydrogen-bond donors (Lipinski definition) is 0. The molecule has 15 heavy (non-hydrogen) atoms. The second kappa shape index (κ2) is 5.46. The molecule has 0 N–H and O–H groups in total. The zero-order chi connectivity index (χ0) is 11.3. The summed E-state index contributed by atoms with van der Waals surface area (Å²) >= 11 is 0. The topological polar surface area (TPSA) is 83.5 Å². The minimum Gasteiger partial charge on any atom is -0.748 e. The van der Waals surface area contributed by atoms with Gasteiger partial charge in [-0.3, -0.25) is 4.79 Å². The number of carbonyl (C=O) groups is 1. The molecule has 0 aromatic carbocycles. The Bertz CT molecular complexity index is 302. The van der Waals surface area contributed by atoms with Gasteiger partial charge in [-0.15, -0.1) is 0 Å². The van der Waals surface area contributed by atoms with E-state index in [1.807, 2.05) is 0 Å². The number of ether oxygens (including phenoxy) is 1. The van der Waals surface area contributed by atoms with Crippen molar-refractivity contribution < 1.29 is 22.5 Å². The zero-order valence-electron chi connectivity index (χ0n) is 8.48. The maximum Gasteiger partial charge on any atom is 0.308 e. The standard InChI is InChI=1S/C9H16O5S/c10-9(8-4-2-1-3-5-8)14-6-7-15(11,12)13/h8H,1-7H2,(H,11,12,13)/p-1. The molecule has 1 rings (SSSR count). The lowest BCUT2D eigenvalue weighted by atomic mass is 9.89. The smallest absolute Gasteiger partial charge is 0.308 e. The molecule has 0 unspecified atom stereocenters. The van der Waals surface area contributed by atoms with Crippen molar-refractivity contribution in [2.45, 2.75) is 32.1 Å². The van der Waals surface area contributed by atoms with Gasteiger partial charge in [-0.25, -0.2) is 8.42 Å². The molecule has 0 amide bonds. The lowest BCUT2D eigenvalue weighted by molar-refractivity contribution is -0.148. The van der Waals surface area contributed by atoms with E-state index in [2.05, 4.69) is 0 Å². The summed E-state index contributed by atoms with van der Waals surface area (Å²) in [6.45, 7) is -0.318. The number of carbonyl (C=O) groups excluding carboxylic acids is 1. The van der Waals surface area contributed by atoms with Crippen LogP contribution in [-0.2, 0) is 19.6 Å². The van der Waals surface area contributed by atoms with E-state index >= 15 is 0 Å². The molecule has 88 valence electrons. The minimum absolute atomic E-state index is 0.104. The van der Waals surface area contributed by atoms with Crippen LogP contribution in [0.3, 0.4) is 0 Å². The van der Waals surface area contributed by atoms with E-state index < -0.39 is 15.9 Å². The normalized spacial score (nSPS) is 18.7. The van der Waals surface area contributed by atoms with E-state index in [1.54, 1.807) is 0 Å². The molecule has 0 radical (unpaired) electrons. The van der Waals surface area contributed by atoms with Crippen LogP contribution in [-0.4, -0.2) is 31.3 Å². The molecular weight excluding hydrogens is 220 g/mol. The van der Waals surface area contributed by atoms with Gasteiger partial charge in [0.15, 0.2) is 0 Å². The van der Waals surface area contributed by atoms with Crippen molar-refractivity contribution in [2.24, 2.45) is 5.92 Å². The molecule has 0 aliphatic heterocycles. The molecule has 1 fully saturated rings. The van der Waals surface area contributed by atoms with Crippen LogP contribution in [0.25, 0.3) is 0 Å². The third-order valence-corrected chi connectivity index (χ3v) is 3.18. The first-order chi connectivity index (χ1) is 6.99. The van der Waals surface area contributed by atoms with Gasteiger partial charge in [-0.2, -0.15) is 0 Å². The van der Waals surface area contributed by atoms with Gasteiger partial charge in [0, 0.05) is 0 Å². The second-order valence-corrected chi connectivity index (χ2v) is 5.29. The van der Waals surface area contributed by atoms with Crippen molar-refractivity contribution in [1.82, 2.24) is 0 Å². The first-order valence-electron chi connectivity index (χ1n) is 5.09. The lowest BCUT2D eigenvalue weighted by Crippen LogP contribution is -2.23. The summed E-state index contributed by atoms with van der Waals surface area (Å²) in [7, 11) is -4.28. The summed E-state index contributed by atoms with van der Waals surface area (Å²) in [5.74, 6) is -1.10. The van der Waals surface area contributed by atoms with Gasteiger partial charge >= 0.3 is 5.97 Å². The summed E-state index contributed by atoms with van der Waals surface area (Å²) < 4.78 is 35.5. The van der Waals surface area contributed by atoms with E-state index in [9.17, 15) is 17.8 Å². The summed E-state index contributed by atoms with van der Waals surface area (Å²) in [5, 5.41) is 0. The van der Waals surface area contributed by atoms with Crippen molar-refractivity contribution in [3.63, 3.8) is 0 Å². The van der Waals surface area contributed by atoms with Gasteiger partial charge in [-0.1, -0.05) is 19.3 Å². The Hall–Kier alpha value is -0.620. The maximum atomic E-state index is 11.4. The number of esters is 1. The van der Waals surface area contributed by atoms with Gasteiger partial charge in [0.1, 0.15) is 6.61 Å². The minimum atomic E-state index is -4.28. The van der Waals surface area contributed by atoms with E-state index in [1.165, 1.54) is 0 Å². The van der Waals surface area contributed by atoms with Crippen LogP contribution in [0, 0.1) is 5.92 Å². The van der Waals surface area contributed by atoms with E-state index in [0.717, 1.165) is 32.1 Å². The first-order valence-corrected chi connectivity index (χ1v) is 6.67. The van der Waals surface area contributed by atoms with Gasteiger partial charge < -0.3 is 9.29 Å². The van der Waals surface area contributed by atoms with Crippen LogP contribution in [0.2, 0.25) is 0 Å². The van der Waals surface area contributed by atoms with Gasteiger partial charge in [0.05, 0.1) is 21.8 Å². The molecule has 0 saturated heterocycles. The Morgan fingerprint density at radius 1 is 1.27 bits per heavy atom. The molecule has 6 heteroatoms. The molecular formula is C9H15O5S-. The third kappa shape index (κ3) is 5.13. The van der Waals surface area contributed by atoms with E-state index in [-0.39, 0.29) is 18.5 Å². The van der Waals surface area contributed by atoms with Crippen molar-refractivity contribution in [1.29, 1.82) is 0 Å². The van der Waals surface area contributed by atoms with Crippen molar-refractivity contribution in [3.8, 4) is 0 Å². The largest absolute Gasteiger partial charge is 0.748 e. The highest BCUT2D eigenvalue weighted by Gasteiger charge is 2.22. The fourth-order valence-corrected chi connectivity index (χ4v) is 1.99. The summed E-state index contributed by atoms with van der Waals surface area (Å²) in [4.78, 5) is 11.4. The number of hydrogen-bond acceptors (Lipinski definition) is 5. The highest BCUT2D eigenvalue weighted by molar-refractivity contribution is 7.85. The van der Waals surface area contributed by atoms with Gasteiger partial charge in [0.2, 0.25) is 0 Å². The molecule has 5 nitrogen and oxygen atoms in total. The molecule has 0 bridgehead atoms. The second-order valence-electron chi connectivity index (χ2n) is 3.76. The fourth-order valence-electron chi connectivity index (χ4n) is 1.70. The highest BCUT2D eigenvalue weighted by Crippen LogP contribution is 2.24. The Kier molecular flexibility index (Phi) is 4.53. The van der Waals surface area contributed by atoms with Crippen LogP contribution in [0.4, 0.5) is 0 Å². The van der Waals surface area contributed by atoms with Crippen LogP contribution in [0.1, 0.15) is 32.1 Å². The van der Waals surface area contributed by atoms with E-state index in [0.29, 0.717) is 0 Å². The third-order valence-electron chi connectivity index (χ3n) is 2.52. The summed E-state index contributed by atoms with van der Waals surface area (Å²) in [6.07, 6.45) is 4.78. The molecule has 0 spiro atoms. The first kappa shape index (κ1) is 12.4. The highest BCUT2D eigenvalue weighted by atomic mass is 32.2. The monoisotopic (exact) mass is 235 g/mol. The van der Waals surface area contributed by atoms with E-state index in [4.69, 9.17) is 4.74 Å². The average molecular weight is 235 g/mol. The SMILES string of the molecule is O=C(OCCS(=O)(=O)[O-])C1CCCCC1. The van der Waals surface area contributed by atoms with Crippen LogP contribution < -0.4 is 0 Å². The van der Waals surface area contributed by atoms with Crippen LogP contribution in [0.15, 0.2) is 0 Å². The fraction of sp³-hybridized carbons (Fsp3) is 0.889. The zero-order valence-corrected chi connectivity index (χ0v) is 9.29. The predicted molar refractivity (Wildman–Crippen MR) is 52.1 cm³/mol. The van der Waals surface area contributed by atoms with Gasteiger partial charge in [-0.05, 0) is 12.8 Å². The van der Waals surface area contributed by atoms with Crippen LogP contribution >= 0.6 is 0 Å². The van der Waals surface area contributed by atoms with Crippen molar-refractivity contribution in [3.05, 3.63) is 0 Å². The molecule has 0 aromatic rings. The maximum absolute atomic E-state index is 11.4. The Labute approximate surface area is 89.6 Å². The van der Waals surface area contributed by atoms with Crippen molar-refractivity contribution in [2.75, 3.05) is 12.4 Å². The molecule has 1 aliphatic carbocycles. The van der Waals surface area contributed by atoms with Gasteiger partial charge in [0.25, 0.3) is 0 Å². The molecule has 0 heterocycles. The molecule has 1 aliphatic rings. The quantitative estimate of drug-likeness (QED) is 0.528. The molecule has 1 saturated carbocycles. The average Bonchev–Trinajstić information content (AvgIpc) is 2.17. The summed E-state index contributed by atoms with van der Waals surface area (Å²) in [5.41, 5.74) is 0. The Morgan fingerprint density at radius 2 is 1.87 bits per heavy atom.